The third-order valence-corrected chi connectivity index (χ3v) is 7.31. The predicted octanol–water partition coefficient (Wildman–Crippen LogP) is 5.87. The Kier molecular flexibility index (Phi) is 10.2. The van der Waals surface area contributed by atoms with E-state index in [1.165, 1.54) is 59.3 Å². The van der Waals surface area contributed by atoms with E-state index in [2.05, 4.69) is 16.0 Å². The fourth-order valence-electron chi connectivity index (χ4n) is 4.69. The summed E-state index contributed by atoms with van der Waals surface area (Å²) in [6.07, 6.45) is -5.24. The van der Waals surface area contributed by atoms with Crippen molar-refractivity contribution in [3.8, 4) is 5.75 Å². The van der Waals surface area contributed by atoms with Crippen molar-refractivity contribution < 1.29 is 41.8 Å². The van der Waals surface area contributed by atoms with Gasteiger partial charge in [-0.05, 0) is 67.6 Å². The molecule has 0 aliphatic carbocycles. The molecule has 1 aliphatic rings. The molecule has 240 valence electrons. The van der Waals surface area contributed by atoms with E-state index in [1.807, 2.05) is 6.92 Å². The molecular weight excluding hydrogens is 598 g/mol. The Labute approximate surface area is 257 Å². The summed E-state index contributed by atoms with van der Waals surface area (Å²) in [6, 6.07) is 11.8. The van der Waals surface area contributed by atoms with Gasteiger partial charge in [0.2, 0.25) is 0 Å². The normalized spacial score (nSPS) is 17.2. The van der Waals surface area contributed by atoms with E-state index < -0.39 is 47.7 Å². The van der Waals surface area contributed by atoms with Crippen molar-refractivity contribution >= 4 is 35.0 Å². The highest BCUT2D eigenvalue weighted by atomic mass is 19.4. The van der Waals surface area contributed by atoms with Gasteiger partial charge in [0, 0.05) is 30.9 Å². The number of rotatable bonds is 7. The molecule has 1 heterocycles. The molecule has 45 heavy (non-hydrogen) atoms. The molecule has 4 N–H and O–H groups in total. The molecule has 1 aliphatic heterocycles. The minimum Gasteiger partial charge on any atom is -0.485 e. The van der Waals surface area contributed by atoms with Gasteiger partial charge in [-0.1, -0.05) is 13.0 Å². The number of para-hydroxylation sites is 1. The first kappa shape index (κ1) is 33.1. The third-order valence-electron chi connectivity index (χ3n) is 7.31. The number of aliphatic hydroxyl groups excluding tert-OH is 1. The number of halogens is 4. The Morgan fingerprint density at radius 2 is 1.64 bits per heavy atom. The number of carbonyl (C=O) groups is 3. The topological polar surface area (TPSA) is 123 Å². The van der Waals surface area contributed by atoms with Crippen LogP contribution in [0, 0.1) is 11.7 Å². The maximum Gasteiger partial charge on any atom is 0.416 e. The van der Waals surface area contributed by atoms with Crippen LogP contribution >= 0.6 is 0 Å². The number of hydrogen-bond acceptors (Lipinski definition) is 5. The van der Waals surface area contributed by atoms with Gasteiger partial charge in [0.25, 0.3) is 5.91 Å². The minimum absolute atomic E-state index is 0.0177. The van der Waals surface area contributed by atoms with E-state index in [0.717, 1.165) is 24.3 Å². The van der Waals surface area contributed by atoms with Crippen molar-refractivity contribution in [2.24, 2.45) is 5.92 Å². The van der Waals surface area contributed by atoms with Crippen LogP contribution in [-0.2, 0) is 6.18 Å². The van der Waals surface area contributed by atoms with E-state index in [9.17, 15) is 37.1 Å². The van der Waals surface area contributed by atoms with Gasteiger partial charge in [0.05, 0.1) is 36.0 Å². The zero-order chi connectivity index (χ0) is 32.9. The average Bonchev–Trinajstić information content (AvgIpc) is 2.99. The summed E-state index contributed by atoms with van der Waals surface area (Å²) < 4.78 is 58.4. The quantitative estimate of drug-likeness (QED) is 0.243. The van der Waals surface area contributed by atoms with E-state index in [0.29, 0.717) is 5.69 Å². The average molecular weight is 632 g/mol. The third kappa shape index (κ3) is 8.20. The molecule has 3 aromatic carbocycles. The smallest absolute Gasteiger partial charge is 0.416 e. The lowest BCUT2D eigenvalue weighted by Crippen LogP contribution is -2.50. The van der Waals surface area contributed by atoms with Gasteiger partial charge in [-0.2, -0.15) is 13.2 Å². The molecule has 3 aromatic rings. The first-order valence-corrected chi connectivity index (χ1v) is 14.0. The summed E-state index contributed by atoms with van der Waals surface area (Å²) in [6.45, 7) is 3.41. The van der Waals surface area contributed by atoms with Crippen LogP contribution < -0.4 is 20.7 Å². The molecule has 3 atom stereocenters. The highest BCUT2D eigenvalue weighted by Crippen LogP contribution is 2.35. The van der Waals surface area contributed by atoms with Crippen LogP contribution in [0.25, 0.3) is 0 Å². The standard InChI is InChI=1S/C31H33F4N5O5/c1-18-15-40(19(2)17-41)28(42)24-5-4-6-25(38-29(43)36-22-11-7-20(8-12-22)31(33,34)35)27(24)45-26(18)16-39(3)30(44)37-23-13-9-21(32)10-14-23/h4-14,18-19,26,41H,15-17H2,1-3H3,(H,37,44)(H2,36,38,43)/t18-,19+,26+/m0/s1. The number of carbonyl (C=O) groups excluding carboxylic acids is 3. The number of amides is 5. The van der Waals surface area contributed by atoms with Crippen LogP contribution in [0.1, 0.15) is 29.8 Å². The zero-order valence-corrected chi connectivity index (χ0v) is 24.7. The van der Waals surface area contributed by atoms with Crippen LogP contribution in [0.2, 0.25) is 0 Å². The van der Waals surface area contributed by atoms with Crippen molar-refractivity contribution in [2.75, 3.05) is 42.7 Å². The second-order valence-corrected chi connectivity index (χ2v) is 10.8. The van der Waals surface area contributed by atoms with Crippen molar-refractivity contribution in [1.29, 1.82) is 0 Å². The Morgan fingerprint density at radius 1 is 1.02 bits per heavy atom. The number of nitrogens with zero attached hydrogens (tertiary/aromatic N) is 2. The Bertz CT molecular complexity index is 1520. The van der Waals surface area contributed by atoms with Gasteiger partial charge in [0.1, 0.15) is 11.9 Å². The minimum atomic E-state index is -4.53. The summed E-state index contributed by atoms with van der Waals surface area (Å²) >= 11 is 0. The summed E-state index contributed by atoms with van der Waals surface area (Å²) in [5, 5.41) is 17.6. The van der Waals surface area contributed by atoms with Crippen molar-refractivity contribution in [3.63, 3.8) is 0 Å². The summed E-state index contributed by atoms with van der Waals surface area (Å²) in [5.41, 5.74) is -0.204. The monoisotopic (exact) mass is 631 g/mol. The lowest BCUT2D eigenvalue weighted by Gasteiger charge is -2.38. The molecule has 0 radical (unpaired) electrons. The Morgan fingerprint density at radius 3 is 2.27 bits per heavy atom. The largest absolute Gasteiger partial charge is 0.485 e. The number of ether oxygens (including phenoxy) is 1. The van der Waals surface area contributed by atoms with Crippen molar-refractivity contribution in [3.05, 3.63) is 83.7 Å². The fraction of sp³-hybridized carbons (Fsp3) is 0.323. The second kappa shape index (κ2) is 13.8. The number of anilines is 3. The van der Waals surface area contributed by atoms with Crippen LogP contribution in [0.15, 0.2) is 66.7 Å². The summed E-state index contributed by atoms with van der Waals surface area (Å²) in [7, 11) is 1.54. The summed E-state index contributed by atoms with van der Waals surface area (Å²) in [4.78, 5) is 42.4. The Hall–Kier alpha value is -4.85. The van der Waals surface area contributed by atoms with Gasteiger partial charge in [-0.25, -0.2) is 14.0 Å². The number of hydrogen-bond donors (Lipinski definition) is 4. The molecule has 4 rings (SSSR count). The maximum absolute atomic E-state index is 13.7. The number of likely N-dealkylation sites (N-methyl/N-ethyl adjacent to an activating group) is 1. The fourth-order valence-corrected chi connectivity index (χ4v) is 4.69. The zero-order valence-electron chi connectivity index (χ0n) is 24.7. The van der Waals surface area contributed by atoms with Crippen molar-refractivity contribution in [2.45, 2.75) is 32.2 Å². The molecule has 0 bridgehead atoms. The van der Waals surface area contributed by atoms with E-state index in [1.54, 1.807) is 6.92 Å². The second-order valence-electron chi connectivity index (χ2n) is 10.8. The number of fused-ring (bicyclic) bond motifs is 1. The first-order valence-electron chi connectivity index (χ1n) is 14.0. The van der Waals surface area contributed by atoms with Gasteiger partial charge < -0.3 is 35.6 Å². The SMILES string of the molecule is C[C@H](CO)N1C[C@H](C)[C@@H](CN(C)C(=O)Nc2ccc(F)cc2)Oc2c(NC(=O)Nc3ccc(C(F)(F)F)cc3)cccc2C1=O. The van der Waals surface area contributed by atoms with Crippen LogP contribution in [0.5, 0.6) is 5.75 Å². The van der Waals surface area contributed by atoms with Gasteiger partial charge in [-0.15, -0.1) is 0 Å². The van der Waals surface area contributed by atoms with Crippen LogP contribution in [0.4, 0.5) is 44.2 Å². The number of nitrogens with one attached hydrogen (secondary N) is 3. The predicted molar refractivity (Wildman–Crippen MR) is 160 cm³/mol. The number of alkyl halides is 3. The first-order chi connectivity index (χ1) is 21.3. The van der Waals surface area contributed by atoms with E-state index in [-0.39, 0.29) is 48.3 Å². The van der Waals surface area contributed by atoms with Gasteiger partial charge >= 0.3 is 18.2 Å². The van der Waals surface area contributed by atoms with Crippen LogP contribution in [-0.4, -0.2) is 71.8 Å². The number of urea groups is 2. The molecule has 10 nitrogen and oxygen atoms in total. The molecule has 0 saturated carbocycles. The highest BCUT2D eigenvalue weighted by molar-refractivity contribution is 6.04. The van der Waals surface area contributed by atoms with Crippen LogP contribution in [0.3, 0.4) is 0 Å². The number of aliphatic hydroxyl groups is 1. The molecule has 0 saturated heterocycles. The Balaban J connectivity index is 1.59. The van der Waals surface area contributed by atoms with Gasteiger partial charge in [-0.3, -0.25) is 4.79 Å². The molecular formula is C31H33F4N5O5. The van der Waals surface area contributed by atoms with Gasteiger partial charge in [0.15, 0.2) is 5.75 Å². The maximum atomic E-state index is 13.7. The highest BCUT2D eigenvalue weighted by Gasteiger charge is 2.35. The molecule has 0 unspecified atom stereocenters. The summed E-state index contributed by atoms with van der Waals surface area (Å²) in [5.74, 6) is -1.26. The van der Waals surface area contributed by atoms with E-state index in [4.69, 9.17) is 4.74 Å². The molecule has 0 fully saturated rings. The number of benzene rings is 3. The van der Waals surface area contributed by atoms with Crippen molar-refractivity contribution in [1.82, 2.24) is 9.80 Å². The molecule has 5 amide bonds. The molecule has 0 aromatic heterocycles. The lowest BCUT2D eigenvalue weighted by molar-refractivity contribution is -0.137. The lowest BCUT2D eigenvalue weighted by atomic mass is 9.99. The molecule has 0 spiro atoms. The van der Waals surface area contributed by atoms with E-state index >= 15 is 0 Å². The molecule has 14 heteroatoms.